The van der Waals surface area contributed by atoms with Crippen molar-refractivity contribution in [3.63, 3.8) is 0 Å². The molecular formula is C16H20O3. The van der Waals surface area contributed by atoms with Crippen LogP contribution >= 0.6 is 0 Å². The van der Waals surface area contributed by atoms with Gasteiger partial charge in [0.15, 0.2) is 5.78 Å². The van der Waals surface area contributed by atoms with Crippen LogP contribution in [0.2, 0.25) is 0 Å². The Labute approximate surface area is 114 Å². The molecule has 0 aliphatic carbocycles. The van der Waals surface area contributed by atoms with Crippen LogP contribution in [0, 0.1) is 0 Å². The van der Waals surface area contributed by atoms with Crippen LogP contribution in [0.1, 0.15) is 39.2 Å². The van der Waals surface area contributed by atoms with Crippen molar-refractivity contribution >= 4 is 11.9 Å². The number of rotatable bonds is 5. The number of fused-ring (bicyclic) bond motifs is 1. The van der Waals surface area contributed by atoms with Gasteiger partial charge in [-0.05, 0) is 25.5 Å². The van der Waals surface area contributed by atoms with Crippen LogP contribution in [0.3, 0.4) is 0 Å². The molecule has 0 saturated carbocycles. The Hall–Kier alpha value is -1.61. The molecule has 1 aliphatic heterocycles. The van der Waals surface area contributed by atoms with E-state index < -0.39 is 5.79 Å². The normalized spacial score (nSPS) is 21.3. The summed E-state index contributed by atoms with van der Waals surface area (Å²) in [6.07, 6.45) is 3.87. The lowest BCUT2D eigenvalue weighted by Gasteiger charge is -2.35. The molecule has 1 atom stereocenters. The molecule has 1 aromatic carbocycles. The van der Waals surface area contributed by atoms with Gasteiger partial charge in [0.25, 0.3) is 0 Å². The van der Waals surface area contributed by atoms with E-state index in [2.05, 4.69) is 6.92 Å². The molecule has 0 aromatic heterocycles. The van der Waals surface area contributed by atoms with Gasteiger partial charge in [0.2, 0.25) is 5.79 Å². The van der Waals surface area contributed by atoms with Crippen LogP contribution in [0.4, 0.5) is 0 Å². The van der Waals surface area contributed by atoms with Crippen LogP contribution in [-0.4, -0.2) is 18.2 Å². The van der Waals surface area contributed by atoms with Gasteiger partial charge in [-0.25, -0.2) is 0 Å². The molecule has 1 unspecified atom stereocenters. The zero-order chi connectivity index (χ0) is 13.9. The third-order valence-corrected chi connectivity index (χ3v) is 3.27. The van der Waals surface area contributed by atoms with Crippen molar-refractivity contribution < 1.29 is 14.3 Å². The van der Waals surface area contributed by atoms with E-state index in [1.807, 2.05) is 37.3 Å². The lowest BCUT2D eigenvalue weighted by Crippen LogP contribution is -2.42. The number of carbonyl (C=O) groups is 1. The summed E-state index contributed by atoms with van der Waals surface area (Å²) < 4.78 is 11.8. The predicted molar refractivity (Wildman–Crippen MR) is 75.0 cm³/mol. The number of hydrogen-bond donors (Lipinski definition) is 0. The number of benzene rings is 1. The molecule has 0 radical (unpaired) electrons. The smallest absolute Gasteiger partial charge is 0.238 e. The molecule has 0 amide bonds. The summed E-state index contributed by atoms with van der Waals surface area (Å²) in [6, 6.07) is 7.67. The maximum atomic E-state index is 11.8. The Kier molecular flexibility index (Phi) is 4.05. The Balaban J connectivity index is 2.32. The lowest BCUT2D eigenvalue weighted by atomic mass is 9.97. The molecule has 1 aliphatic rings. The molecule has 0 N–H and O–H groups in total. The van der Waals surface area contributed by atoms with E-state index in [1.54, 1.807) is 6.92 Å². The van der Waals surface area contributed by atoms with Gasteiger partial charge in [0.05, 0.1) is 12.2 Å². The minimum absolute atomic E-state index is 0.0199. The van der Waals surface area contributed by atoms with E-state index in [0.29, 0.717) is 12.2 Å². The maximum Gasteiger partial charge on any atom is 0.238 e. The summed E-state index contributed by atoms with van der Waals surface area (Å²) >= 11 is 0. The molecular weight excluding hydrogens is 240 g/mol. The standard InChI is InChI=1S/C16H20O3/c1-4-5-10-18-16(3)14(12(2)17)11-13-8-6-7-9-15(13)19-16/h6-9,11H,4-5,10H2,1-3H3. The summed E-state index contributed by atoms with van der Waals surface area (Å²) in [4.78, 5) is 11.8. The summed E-state index contributed by atoms with van der Waals surface area (Å²) in [7, 11) is 0. The molecule has 1 heterocycles. The van der Waals surface area contributed by atoms with Crippen molar-refractivity contribution in [2.45, 2.75) is 39.4 Å². The first-order valence-electron chi connectivity index (χ1n) is 6.72. The highest BCUT2D eigenvalue weighted by Crippen LogP contribution is 2.36. The molecule has 0 fully saturated rings. The second-order valence-corrected chi connectivity index (χ2v) is 4.90. The summed E-state index contributed by atoms with van der Waals surface area (Å²) in [5.74, 6) is -0.241. The highest BCUT2D eigenvalue weighted by atomic mass is 16.7. The quantitative estimate of drug-likeness (QED) is 0.759. The number of hydrogen-bond acceptors (Lipinski definition) is 3. The Bertz CT molecular complexity index is 504. The maximum absolute atomic E-state index is 11.8. The molecule has 102 valence electrons. The van der Waals surface area contributed by atoms with E-state index in [4.69, 9.17) is 9.47 Å². The Morgan fingerprint density at radius 2 is 2.11 bits per heavy atom. The van der Waals surface area contributed by atoms with E-state index in [9.17, 15) is 4.79 Å². The van der Waals surface area contributed by atoms with Gasteiger partial charge >= 0.3 is 0 Å². The zero-order valence-corrected chi connectivity index (χ0v) is 11.7. The average molecular weight is 260 g/mol. The molecule has 2 rings (SSSR count). The fraction of sp³-hybridized carbons (Fsp3) is 0.438. The first kappa shape index (κ1) is 13.8. The van der Waals surface area contributed by atoms with Crippen molar-refractivity contribution in [2.75, 3.05) is 6.61 Å². The molecule has 3 nitrogen and oxygen atoms in total. The van der Waals surface area contributed by atoms with Crippen molar-refractivity contribution in [2.24, 2.45) is 0 Å². The fourth-order valence-electron chi connectivity index (χ4n) is 2.18. The van der Waals surface area contributed by atoms with Crippen molar-refractivity contribution in [3.8, 4) is 5.75 Å². The van der Waals surface area contributed by atoms with Crippen LogP contribution < -0.4 is 4.74 Å². The molecule has 0 saturated heterocycles. The number of para-hydroxylation sites is 1. The highest BCUT2D eigenvalue weighted by molar-refractivity contribution is 6.00. The monoisotopic (exact) mass is 260 g/mol. The van der Waals surface area contributed by atoms with Gasteiger partial charge in [-0.1, -0.05) is 31.5 Å². The molecule has 0 spiro atoms. The predicted octanol–water partition coefficient (Wildman–Crippen LogP) is 3.58. The minimum Gasteiger partial charge on any atom is -0.458 e. The largest absolute Gasteiger partial charge is 0.458 e. The molecule has 3 heteroatoms. The van der Waals surface area contributed by atoms with Crippen LogP contribution in [0.15, 0.2) is 29.8 Å². The summed E-state index contributed by atoms with van der Waals surface area (Å²) in [5, 5.41) is 0. The molecule has 0 bridgehead atoms. The second-order valence-electron chi connectivity index (χ2n) is 4.90. The second kappa shape index (κ2) is 5.57. The van der Waals surface area contributed by atoms with E-state index in [-0.39, 0.29) is 5.78 Å². The third-order valence-electron chi connectivity index (χ3n) is 3.27. The van der Waals surface area contributed by atoms with Crippen LogP contribution in [0.25, 0.3) is 6.08 Å². The average Bonchev–Trinajstić information content (AvgIpc) is 2.37. The van der Waals surface area contributed by atoms with Gasteiger partial charge in [0.1, 0.15) is 5.75 Å². The van der Waals surface area contributed by atoms with E-state index >= 15 is 0 Å². The lowest BCUT2D eigenvalue weighted by molar-refractivity contribution is -0.151. The molecule has 19 heavy (non-hydrogen) atoms. The topological polar surface area (TPSA) is 35.5 Å². The Morgan fingerprint density at radius 1 is 1.37 bits per heavy atom. The highest BCUT2D eigenvalue weighted by Gasteiger charge is 2.38. The van der Waals surface area contributed by atoms with E-state index in [0.717, 1.165) is 24.2 Å². The first-order valence-corrected chi connectivity index (χ1v) is 6.72. The fourth-order valence-corrected chi connectivity index (χ4v) is 2.18. The third kappa shape index (κ3) is 2.87. The van der Waals surface area contributed by atoms with Crippen molar-refractivity contribution in [1.82, 2.24) is 0 Å². The van der Waals surface area contributed by atoms with Gasteiger partial charge in [-0.2, -0.15) is 0 Å². The van der Waals surface area contributed by atoms with Crippen molar-refractivity contribution in [3.05, 3.63) is 35.4 Å². The molecule has 1 aromatic rings. The SMILES string of the molecule is CCCCOC1(C)Oc2ccccc2C=C1C(C)=O. The number of ether oxygens (including phenoxy) is 2. The number of ketones is 1. The van der Waals surface area contributed by atoms with Crippen molar-refractivity contribution in [1.29, 1.82) is 0 Å². The van der Waals surface area contributed by atoms with Crippen LogP contribution in [0.5, 0.6) is 5.75 Å². The summed E-state index contributed by atoms with van der Waals surface area (Å²) in [6.45, 7) is 6.04. The minimum atomic E-state index is -0.977. The van der Waals surface area contributed by atoms with Gasteiger partial charge in [-0.3, -0.25) is 4.79 Å². The summed E-state index contributed by atoms with van der Waals surface area (Å²) in [5.41, 5.74) is 1.49. The van der Waals surface area contributed by atoms with Crippen LogP contribution in [-0.2, 0) is 9.53 Å². The van der Waals surface area contributed by atoms with Gasteiger partial charge in [-0.15, -0.1) is 0 Å². The van der Waals surface area contributed by atoms with E-state index in [1.165, 1.54) is 0 Å². The number of unbranched alkanes of at least 4 members (excludes halogenated alkanes) is 1. The zero-order valence-electron chi connectivity index (χ0n) is 11.7. The Morgan fingerprint density at radius 3 is 2.79 bits per heavy atom. The first-order chi connectivity index (χ1) is 9.07. The number of carbonyl (C=O) groups excluding carboxylic acids is 1. The number of Topliss-reactive ketones (excluding diaryl/α,β-unsaturated/α-hetero) is 1. The van der Waals surface area contributed by atoms with Gasteiger partial charge in [0, 0.05) is 12.5 Å². The van der Waals surface area contributed by atoms with Gasteiger partial charge < -0.3 is 9.47 Å².